The molecule has 2 heteroatoms. The number of aromatic nitrogens is 1. The third kappa shape index (κ3) is 3.58. The summed E-state index contributed by atoms with van der Waals surface area (Å²) in [5, 5.41) is 5.07. The second kappa shape index (κ2) is 6.43. The van der Waals surface area contributed by atoms with Crippen molar-refractivity contribution in [1.82, 2.24) is 5.16 Å². The topological polar surface area (TPSA) is 26.0 Å². The predicted molar refractivity (Wildman–Crippen MR) is 71.1 cm³/mol. The highest BCUT2D eigenvalue weighted by molar-refractivity contribution is 5.77. The summed E-state index contributed by atoms with van der Waals surface area (Å²) in [4.78, 5) is 0. The Morgan fingerprint density at radius 3 is 2.76 bits per heavy atom. The van der Waals surface area contributed by atoms with Gasteiger partial charge in [-0.1, -0.05) is 50.3 Å². The van der Waals surface area contributed by atoms with E-state index in [0.717, 1.165) is 17.3 Å². The zero-order chi connectivity index (χ0) is 11.9. The van der Waals surface area contributed by atoms with Crippen LogP contribution in [0.1, 0.15) is 51.0 Å². The van der Waals surface area contributed by atoms with Gasteiger partial charge in [0.25, 0.3) is 0 Å². The fourth-order valence-corrected chi connectivity index (χ4v) is 2.17. The van der Waals surface area contributed by atoms with Crippen molar-refractivity contribution in [1.29, 1.82) is 0 Å². The summed E-state index contributed by atoms with van der Waals surface area (Å²) >= 11 is 0. The van der Waals surface area contributed by atoms with Crippen LogP contribution in [0.5, 0.6) is 0 Å². The normalized spacial score (nSPS) is 11.1. The molecule has 1 aromatic heterocycles. The van der Waals surface area contributed by atoms with Crippen molar-refractivity contribution < 1.29 is 4.52 Å². The Bertz CT molecular complexity index is 447. The summed E-state index contributed by atoms with van der Waals surface area (Å²) in [7, 11) is 0. The highest BCUT2D eigenvalue weighted by Gasteiger charge is 2.00. The maximum absolute atomic E-state index is 4.94. The molecule has 0 fully saturated rings. The van der Waals surface area contributed by atoms with E-state index in [1.165, 1.54) is 44.1 Å². The van der Waals surface area contributed by atoms with E-state index in [9.17, 15) is 0 Å². The van der Waals surface area contributed by atoms with Gasteiger partial charge in [0.15, 0.2) is 0 Å². The molecule has 0 atom stereocenters. The zero-order valence-corrected chi connectivity index (χ0v) is 10.6. The smallest absolute Gasteiger partial charge is 0.131 e. The second-order valence-corrected chi connectivity index (χ2v) is 4.73. The Labute approximate surface area is 103 Å². The molecule has 0 aliphatic carbocycles. The van der Waals surface area contributed by atoms with E-state index in [2.05, 4.69) is 30.3 Å². The Morgan fingerprint density at radius 1 is 1.06 bits per heavy atom. The van der Waals surface area contributed by atoms with Crippen LogP contribution in [0.2, 0.25) is 0 Å². The predicted octanol–water partition coefficient (Wildman–Crippen LogP) is 4.73. The molecule has 2 aromatic rings. The van der Waals surface area contributed by atoms with Crippen LogP contribution in [0, 0.1) is 0 Å². The van der Waals surface area contributed by atoms with E-state index in [4.69, 9.17) is 4.52 Å². The van der Waals surface area contributed by atoms with E-state index >= 15 is 0 Å². The molecule has 2 nitrogen and oxygen atoms in total. The third-order valence-corrected chi connectivity index (χ3v) is 3.24. The van der Waals surface area contributed by atoms with Gasteiger partial charge in [-0.3, -0.25) is 0 Å². The van der Waals surface area contributed by atoms with Gasteiger partial charge in [-0.25, -0.2) is 0 Å². The van der Waals surface area contributed by atoms with E-state index < -0.39 is 0 Å². The van der Waals surface area contributed by atoms with Gasteiger partial charge in [0.1, 0.15) is 11.8 Å². The molecule has 1 heterocycles. The van der Waals surface area contributed by atoms with Crippen LogP contribution >= 0.6 is 0 Å². The first kappa shape index (κ1) is 12.2. The molecule has 0 aliphatic rings. The molecule has 0 bridgehead atoms. The van der Waals surface area contributed by atoms with Crippen LogP contribution in [0.4, 0.5) is 0 Å². The average molecular weight is 231 g/mol. The van der Waals surface area contributed by atoms with Gasteiger partial charge in [0.05, 0.1) is 0 Å². The summed E-state index contributed by atoms with van der Waals surface area (Å²) in [6.07, 6.45) is 11.0. The number of aryl methyl sites for hydroxylation is 1. The third-order valence-electron chi connectivity index (χ3n) is 3.24. The van der Waals surface area contributed by atoms with Crippen molar-refractivity contribution in [3.05, 3.63) is 30.0 Å². The Morgan fingerprint density at radius 2 is 1.88 bits per heavy atom. The van der Waals surface area contributed by atoms with E-state index in [1.807, 2.05) is 0 Å². The standard InChI is InChI=1S/C15H21NO/c1-2-3-4-5-6-7-8-13-9-10-14-12-17-16-15(14)11-13/h9-12H,2-8H2,1H3. The van der Waals surface area contributed by atoms with Crippen molar-refractivity contribution in [2.24, 2.45) is 0 Å². The van der Waals surface area contributed by atoms with Gasteiger partial charge in [-0.15, -0.1) is 0 Å². The van der Waals surface area contributed by atoms with Crippen molar-refractivity contribution in [3.8, 4) is 0 Å². The molecule has 0 radical (unpaired) electrons. The minimum absolute atomic E-state index is 0.980. The molecular weight excluding hydrogens is 210 g/mol. The van der Waals surface area contributed by atoms with Gasteiger partial charge >= 0.3 is 0 Å². The van der Waals surface area contributed by atoms with Gasteiger partial charge < -0.3 is 4.52 Å². The SMILES string of the molecule is CCCCCCCCc1ccc2conc2c1. The minimum atomic E-state index is 0.980. The quantitative estimate of drug-likeness (QED) is 0.644. The van der Waals surface area contributed by atoms with Crippen molar-refractivity contribution in [2.75, 3.05) is 0 Å². The number of hydrogen-bond donors (Lipinski definition) is 0. The number of benzene rings is 1. The number of fused-ring (bicyclic) bond motifs is 1. The van der Waals surface area contributed by atoms with E-state index in [-0.39, 0.29) is 0 Å². The van der Waals surface area contributed by atoms with Crippen LogP contribution in [0.25, 0.3) is 10.9 Å². The van der Waals surface area contributed by atoms with Crippen LogP contribution in [0.15, 0.2) is 29.0 Å². The monoisotopic (exact) mass is 231 g/mol. The average Bonchev–Trinajstić information content (AvgIpc) is 2.81. The minimum Gasteiger partial charge on any atom is -0.364 e. The number of unbranched alkanes of at least 4 members (excludes halogenated alkanes) is 5. The summed E-state index contributed by atoms with van der Waals surface area (Å²) in [6.45, 7) is 2.26. The summed E-state index contributed by atoms with van der Waals surface area (Å²) in [6, 6.07) is 6.43. The fourth-order valence-electron chi connectivity index (χ4n) is 2.17. The Hall–Kier alpha value is -1.31. The molecule has 0 saturated carbocycles. The summed E-state index contributed by atoms with van der Waals surface area (Å²) < 4.78 is 4.94. The molecule has 0 N–H and O–H groups in total. The lowest BCUT2D eigenvalue weighted by Crippen LogP contribution is -1.86. The fraction of sp³-hybridized carbons (Fsp3) is 0.533. The molecular formula is C15H21NO. The highest BCUT2D eigenvalue weighted by Crippen LogP contribution is 2.16. The molecule has 0 amide bonds. The lowest BCUT2D eigenvalue weighted by molar-refractivity contribution is 0.428. The maximum Gasteiger partial charge on any atom is 0.131 e. The lowest BCUT2D eigenvalue weighted by Gasteiger charge is -2.01. The molecule has 17 heavy (non-hydrogen) atoms. The molecule has 0 spiro atoms. The molecule has 2 rings (SSSR count). The maximum atomic E-state index is 4.94. The number of rotatable bonds is 7. The second-order valence-electron chi connectivity index (χ2n) is 4.73. The molecule has 1 aromatic carbocycles. The van der Waals surface area contributed by atoms with E-state index in [1.54, 1.807) is 6.26 Å². The first-order chi connectivity index (χ1) is 8.40. The van der Waals surface area contributed by atoms with Crippen LogP contribution in [-0.2, 0) is 6.42 Å². The van der Waals surface area contributed by atoms with Crippen molar-refractivity contribution in [2.45, 2.75) is 51.9 Å². The van der Waals surface area contributed by atoms with Crippen molar-refractivity contribution in [3.63, 3.8) is 0 Å². The number of hydrogen-bond acceptors (Lipinski definition) is 2. The molecule has 0 unspecified atom stereocenters. The molecule has 0 aliphatic heterocycles. The van der Waals surface area contributed by atoms with Gasteiger partial charge in [0, 0.05) is 5.39 Å². The summed E-state index contributed by atoms with van der Waals surface area (Å²) in [5.74, 6) is 0. The van der Waals surface area contributed by atoms with Crippen LogP contribution in [-0.4, -0.2) is 5.16 Å². The van der Waals surface area contributed by atoms with Gasteiger partial charge in [-0.2, -0.15) is 0 Å². The van der Waals surface area contributed by atoms with Gasteiger partial charge in [0.2, 0.25) is 0 Å². The lowest BCUT2D eigenvalue weighted by atomic mass is 10.0. The molecule has 92 valence electrons. The van der Waals surface area contributed by atoms with Gasteiger partial charge in [-0.05, 0) is 30.5 Å². The Balaban J connectivity index is 1.75. The van der Waals surface area contributed by atoms with Crippen LogP contribution in [0.3, 0.4) is 0 Å². The van der Waals surface area contributed by atoms with Crippen LogP contribution < -0.4 is 0 Å². The highest BCUT2D eigenvalue weighted by atomic mass is 16.5. The largest absolute Gasteiger partial charge is 0.364 e. The van der Waals surface area contributed by atoms with E-state index in [0.29, 0.717) is 0 Å². The first-order valence-corrected chi connectivity index (χ1v) is 6.73. The summed E-state index contributed by atoms with van der Waals surface area (Å²) in [5.41, 5.74) is 2.36. The molecule has 0 saturated heterocycles. The Kier molecular flexibility index (Phi) is 4.60. The zero-order valence-electron chi connectivity index (χ0n) is 10.6. The van der Waals surface area contributed by atoms with Crippen molar-refractivity contribution >= 4 is 10.9 Å². The first-order valence-electron chi connectivity index (χ1n) is 6.73. The number of nitrogens with zero attached hydrogens (tertiary/aromatic N) is 1.